The lowest BCUT2D eigenvalue weighted by atomic mass is 9.97. The predicted molar refractivity (Wildman–Crippen MR) is 90.6 cm³/mol. The minimum absolute atomic E-state index is 0.303. The Kier molecular flexibility index (Phi) is 4.93. The summed E-state index contributed by atoms with van der Waals surface area (Å²) in [6, 6.07) is 8.33. The van der Waals surface area contributed by atoms with E-state index in [1.165, 1.54) is 12.8 Å². The van der Waals surface area contributed by atoms with Crippen LogP contribution in [0.5, 0.6) is 0 Å². The smallest absolute Gasteiger partial charge is 0.254 e. The summed E-state index contributed by atoms with van der Waals surface area (Å²) < 4.78 is 1.63. The van der Waals surface area contributed by atoms with Gasteiger partial charge in [-0.3, -0.25) is 9.59 Å². The summed E-state index contributed by atoms with van der Waals surface area (Å²) in [7, 11) is 0. The van der Waals surface area contributed by atoms with Gasteiger partial charge in [-0.1, -0.05) is 37.8 Å². The van der Waals surface area contributed by atoms with Crippen molar-refractivity contribution in [3.05, 3.63) is 48.3 Å². The molecule has 1 atom stereocenters. The second-order valence-corrected chi connectivity index (χ2v) is 6.28. The first-order valence-corrected chi connectivity index (χ1v) is 8.34. The van der Waals surface area contributed by atoms with Crippen LogP contribution in [0, 0.1) is 5.92 Å². The number of carbonyl (C=O) groups excluding carboxylic acids is 2. The molecule has 0 saturated heterocycles. The molecule has 6 nitrogen and oxygen atoms in total. The highest BCUT2D eigenvalue weighted by Crippen LogP contribution is 2.28. The first-order chi connectivity index (χ1) is 11.6. The fraction of sp³-hybridized carbons (Fsp3) is 0.389. The zero-order valence-corrected chi connectivity index (χ0v) is 13.5. The molecule has 2 amide bonds. The van der Waals surface area contributed by atoms with Crippen molar-refractivity contribution < 1.29 is 9.59 Å². The fourth-order valence-corrected chi connectivity index (χ4v) is 3.34. The molecule has 1 aliphatic carbocycles. The highest BCUT2D eigenvalue weighted by molar-refractivity contribution is 6.00. The van der Waals surface area contributed by atoms with E-state index in [0.29, 0.717) is 23.6 Å². The van der Waals surface area contributed by atoms with Gasteiger partial charge < -0.3 is 11.1 Å². The van der Waals surface area contributed by atoms with E-state index in [9.17, 15) is 9.59 Å². The van der Waals surface area contributed by atoms with Crippen molar-refractivity contribution in [3.63, 3.8) is 0 Å². The Morgan fingerprint density at radius 2 is 2.00 bits per heavy atom. The molecule has 0 spiro atoms. The minimum atomic E-state index is -0.633. The summed E-state index contributed by atoms with van der Waals surface area (Å²) in [5.74, 6) is -0.320. The number of benzene rings is 1. The van der Waals surface area contributed by atoms with Crippen molar-refractivity contribution in [1.29, 1.82) is 0 Å². The highest BCUT2D eigenvalue weighted by atomic mass is 16.2. The molecule has 3 rings (SSSR count). The third kappa shape index (κ3) is 3.64. The summed E-state index contributed by atoms with van der Waals surface area (Å²) in [4.78, 5) is 24.4. The van der Waals surface area contributed by atoms with Crippen LogP contribution < -0.4 is 11.1 Å². The van der Waals surface area contributed by atoms with Crippen LogP contribution in [0.1, 0.15) is 42.5 Å². The number of carbonyl (C=O) groups is 2. The van der Waals surface area contributed by atoms with E-state index >= 15 is 0 Å². The van der Waals surface area contributed by atoms with Crippen LogP contribution in [0.3, 0.4) is 0 Å². The molecule has 1 saturated carbocycles. The van der Waals surface area contributed by atoms with Crippen molar-refractivity contribution in [2.45, 2.75) is 38.1 Å². The van der Waals surface area contributed by atoms with Crippen LogP contribution in [-0.4, -0.2) is 27.6 Å². The van der Waals surface area contributed by atoms with Crippen molar-refractivity contribution in [2.24, 2.45) is 11.7 Å². The monoisotopic (exact) mass is 326 g/mol. The van der Waals surface area contributed by atoms with Gasteiger partial charge >= 0.3 is 0 Å². The van der Waals surface area contributed by atoms with Gasteiger partial charge in [-0.05, 0) is 30.5 Å². The van der Waals surface area contributed by atoms with Crippen LogP contribution in [-0.2, 0) is 4.79 Å². The number of nitrogens with zero attached hydrogens (tertiary/aromatic N) is 2. The van der Waals surface area contributed by atoms with Crippen molar-refractivity contribution in [2.75, 3.05) is 0 Å². The summed E-state index contributed by atoms with van der Waals surface area (Å²) in [6.07, 6.45) is 8.62. The molecule has 3 N–H and O–H groups in total. The van der Waals surface area contributed by atoms with Gasteiger partial charge in [0.25, 0.3) is 5.91 Å². The number of nitrogens with one attached hydrogen (secondary N) is 1. The maximum atomic E-state index is 12.7. The number of primary amides is 1. The lowest BCUT2D eigenvalue weighted by Crippen LogP contribution is -2.45. The van der Waals surface area contributed by atoms with Crippen molar-refractivity contribution in [1.82, 2.24) is 15.1 Å². The van der Waals surface area contributed by atoms with Gasteiger partial charge in [-0.15, -0.1) is 0 Å². The maximum Gasteiger partial charge on any atom is 0.254 e. The fourth-order valence-electron chi connectivity index (χ4n) is 3.34. The van der Waals surface area contributed by atoms with E-state index in [4.69, 9.17) is 5.73 Å². The SMILES string of the molecule is NC(=O)[C@H](CC1CCCC1)NC(=O)c1ccccc1-n1cccn1. The molecule has 2 aromatic rings. The highest BCUT2D eigenvalue weighted by Gasteiger charge is 2.26. The number of rotatable bonds is 6. The summed E-state index contributed by atoms with van der Waals surface area (Å²) in [6.45, 7) is 0. The Morgan fingerprint density at radius 3 is 2.67 bits per heavy atom. The predicted octanol–water partition coefficient (Wildman–Crippen LogP) is 2.04. The van der Waals surface area contributed by atoms with Gasteiger partial charge in [0.1, 0.15) is 6.04 Å². The topological polar surface area (TPSA) is 90.0 Å². The van der Waals surface area contributed by atoms with Crippen molar-refractivity contribution in [3.8, 4) is 5.69 Å². The zero-order valence-electron chi connectivity index (χ0n) is 13.5. The Balaban J connectivity index is 1.77. The normalized spacial score (nSPS) is 16.0. The summed E-state index contributed by atoms with van der Waals surface area (Å²) >= 11 is 0. The number of para-hydroxylation sites is 1. The minimum Gasteiger partial charge on any atom is -0.368 e. The molecule has 0 bridgehead atoms. The number of hydrogen-bond acceptors (Lipinski definition) is 3. The average Bonchev–Trinajstić information content (AvgIpc) is 3.27. The van der Waals surface area contributed by atoms with Gasteiger partial charge in [-0.2, -0.15) is 5.10 Å². The molecular weight excluding hydrogens is 304 g/mol. The summed E-state index contributed by atoms with van der Waals surface area (Å²) in [5.41, 5.74) is 6.64. The first kappa shape index (κ1) is 16.2. The Morgan fingerprint density at radius 1 is 1.25 bits per heavy atom. The zero-order chi connectivity index (χ0) is 16.9. The molecule has 24 heavy (non-hydrogen) atoms. The Hall–Kier alpha value is -2.63. The van der Waals surface area contributed by atoms with Crippen LogP contribution in [0.2, 0.25) is 0 Å². The molecular formula is C18H22N4O2. The van der Waals surface area contributed by atoms with E-state index in [-0.39, 0.29) is 5.91 Å². The van der Waals surface area contributed by atoms with Crippen LogP contribution in [0.4, 0.5) is 0 Å². The quantitative estimate of drug-likeness (QED) is 0.851. The molecule has 1 aromatic carbocycles. The molecule has 126 valence electrons. The molecule has 1 heterocycles. The van der Waals surface area contributed by atoms with Crippen LogP contribution >= 0.6 is 0 Å². The lowest BCUT2D eigenvalue weighted by molar-refractivity contribution is -0.120. The van der Waals surface area contributed by atoms with E-state index < -0.39 is 11.9 Å². The molecule has 1 aromatic heterocycles. The maximum absolute atomic E-state index is 12.7. The number of aromatic nitrogens is 2. The second kappa shape index (κ2) is 7.29. The van der Waals surface area contributed by atoms with E-state index in [1.54, 1.807) is 35.3 Å². The summed E-state index contributed by atoms with van der Waals surface area (Å²) in [5, 5.41) is 6.98. The number of amides is 2. The average molecular weight is 326 g/mol. The molecule has 0 aliphatic heterocycles. The second-order valence-electron chi connectivity index (χ2n) is 6.28. The molecule has 0 unspecified atom stereocenters. The standard InChI is InChI=1S/C18H22N4O2/c19-17(23)15(12-13-6-1-2-7-13)21-18(24)14-8-3-4-9-16(14)22-11-5-10-20-22/h3-5,8-11,13,15H,1-2,6-7,12H2,(H2,19,23)(H,21,24)/t15-/m0/s1. The van der Waals surface area contributed by atoms with Crippen molar-refractivity contribution >= 4 is 11.8 Å². The van der Waals surface area contributed by atoms with Gasteiger partial charge in [0.2, 0.25) is 5.91 Å². The first-order valence-electron chi connectivity index (χ1n) is 8.34. The molecule has 6 heteroatoms. The van der Waals surface area contributed by atoms with E-state index in [1.807, 2.05) is 12.1 Å². The van der Waals surface area contributed by atoms with Gasteiger partial charge in [0, 0.05) is 12.4 Å². The van der Waals surface area contributed by atoms with Crippen LogP contribution in [0.25, 0.3) is 5.69 Å². The van der Waals surface area contributed by atoms with Crippen LogP contribution in [0.15, 0.2) is 42.7 Å². The third-order valence-electron chi connectivity index (χ3n) is 4.59. The molecule has 1 aliphatic rings. The Bertz CT molecular complexity index is 706. The van der Waals surface area contributed by atoms with Gasteiger partial charge in [0.15, 0.2) is 0 Å². The Labute approximate surface area is 141 Å². The third-order valence-corrected chi connectivity index (χ3v) is 4.59. The molecule has 1 fully saturated rings. The van der Waals surface area contributed by atoms with Gasteiger partial charge in [-0.25, -0.2) is 4.68 Å². The lowest BCUT2D eigenvalue weighted by Gasteiger charge is -2.20. The number of nitrogens with two attached hydrogens (primary N) is 1. The van der Waals surface area contributed by atoms with E-state index in [2.05, 4.69) is 10.4 Å². The van der Waals surface area contributed by atoms with Gasteiger partial charge in [0.05, 0.1) is 11.3 Å². The largest absolute Gasteiger partial charge is 0.368 e. The molecule has 0 radical (unpaired) electrons. The number of hydrogen-bond donors (Lipinski definition) is 2. The van der Waals surface area contributed by atoms with E-state index in [0.717, 1.165) is 12.8 Å².